The highest BCUT2D eigenvalue weighted by Crippen LogP contribution is 2.32. The quantitative estimate of drug-likeness (QED) is 0.295. The Morgan fingerprint density at radius 1 is 1.18 bits per heavy atom. The third kappa shape index (κ3) is 6.21. The summed E-state index contributed by atoms with van der Waals surface area (Å²) in [6, 6.07) is 7.51. The van der Waals surface area contributed by atoms with Crippen molar-refractivity contribution in [3.05, 3.63) is 42.5 Å². The van der Waals surface area contributed by atoms with Crippen LogP contribution in [-0.4, -0.2) is 85.2 Å². The highest BCUT2D eigenvalue weighted by molar-refractivity contribution is 5.89. The minimum Gasteiger partial charge on any atom is -0.387 e. The molecule has 1 aromatic carbocycles. The van der Waals surface area contributed by atoms with E-state index in [4.69, 9.17) is 10.5 Å². The first-order chi connectivity index (χ1) is 17.9. The lowest BCUT2D eigenvalue weighted by Crippen LogP contribution is -2.41. The van der Waals surface area contributed by atoms with Gasteiger partial charge < -0.3 is 36.2 Å². The molecule has 4 rings (SSSR count). The van der Waals surface area contributed by atoms with Gasteiger partial charge in [-0.2, -0.15) is 0 Å². The largest absolute Gasteiger partial charge is 0.387 e. The lowest BCUT2D eigenvalue weighted by atomic mass is 9.87. The van der Waals surface area contributed by atoms with Gasteiger partial charge in [0.05, 0.1) is 6.33 Å². The molecule has 6 N–H and O–H groups in total. The lowest BCUT2D eigenvalue weighted by molar-refractivity contribution is -0.0423. The molecular weight excluding hydrogens is 488 g/mol. The number of ether oxygens (including phenoxy) is 1. The fraction of sp³-hybridized carbons (Fsp3) is 0.538. The van der Waals surface area contributed by atoms with E-state index in [1.165, 1.54) is 18.2 Å². The number of nitrogens with two attached hydrogens (primary N) is 1. The van der Waals surface area contributed by atoms with Crippen LogP contribution in [0.4, 0.5) is 16.3 Å². The number of hydrogen-bond donors (Lipinski definition) is 5. The summed E-state index contributed by atoms with van der Waals surface area (Å²) in [7, 11) is 1.90. The van der Waals surface area contributed by atoms with Crippen molar-refractivity contribution >= 4 is 28.7 Å². The number of urea groups is 1. The van der Waals surface area contributed by atoms with E-state index < -0.39 is 24.5 Å². The molecule has 3 aromatic rings. The monoisotopic (exact) mass is 526 g/mol. The van der Waals surface area contributed by atoms with Gasteiger partial charge in [0.1, 0.15) is 30.2 Å². The highest BCUT2D eigenvalue weighted by atomic mass is 16.6. The summed E-state index contributed by atoms with van der Waals surface area (Å²) in [5, 5.41) is 27.1. The molecule has 0 bridgehead atoms. The Bertz CT molecular complexity index is 1240. The van der Waals surface area contributed by atoms with Crippen LogP contribution < -0.4 is 16.4 Å². The van der Waals surface area contributed by atoms with Crippen LogP contribution >= 0.6 is 0 Å². The van der Waals surface area contributed by atoms with Gasteiger partial charge in [0.25, 0.3) is 0 Å². The Kier molecular flexibility index (Phi) is 8.16. The van der Waals surface area contributed by atoms with Crippen molar-refractivity contribution in [3.8, 4) is 0 Å². The summed E-state index contributed by atoms with van der Waals surface area (Å²) in [5.74, 6) is 0.230. The van der Waals surface area contributed by atoms with E-state index in [1.807, 2.05) is 43.1 Å². The van der Waals surface area contributed by atoms with Gasteiger partial charge in [0.15, 0.2) is 17.7 Å². The molecule has 38 heavy (non-hydrogen) atoms. The van der Waals surface area contributed by atoms with Gasteiger partial charge in [-0.1, -0.05) is 32.9 Å². The molecule has 0 aliphatic carbocycles. The number of carbonyl (C=O) groups is 1. The molecule has 12 heteroatoms. The number of nitrogens with one attached hydrogen (secondary N) is 2. The Balaban J connectivity index is 1.25. The van der Waals surface area contributed by atoms with Crippen molar-refractivity contribution in [2.45, 2.75) is 70.1 Å². The summed E-state index contributed by atoms with van der Waals surface area (Å²) >= 11 is 0. The van der Waals surface area contributed by atoms with Crippen LogP contribution in [0.2, 0.25) is 0 Å². The topological polar surface area (TPSA) is 164 Å². The smallest absolute Gasteiger partial charge is 0.319 e. The van der Waals surface area contributed by atoms with Crippen LogP contribution in [0.25, 0.3) is 11.2 Å². The predicted octanol–water partition coefficient (Wildman–Crippen LogP) is 1.86. The maximum atomic E-state index is 12.4. The van der Waals surface area contributed by atoms with E-state index in [0.29, 0.717) is 30.7 Å². The molecule has 1 unspecified atom stereocenters. The Hall–Kier alpha value is -3.32. The van der Waals surface area contributed by atoms with Gasteiger partial charge >= 0.3 is 6.03 Å². The van der Waals surface area contributed by atoms with Gasteiger partial charge in [-0.15, -0.1) is 0 Å². The van der Waals surface area contributed by atoms with Crippen molar-refractivity contribution in [2.75, 3.05) is 31.2 Å². The number of nitrogen functional groups attached to an aromatic ring is 1. The molecule has 5 atom stereocenters. The van der Waals surface area contributed by atoms with Gasteiger partial charge in [-0.05, 0) is 50.0 Å². The Labute approximate surface area is 222 Å². The van der Waals surface area contributed by atoms with Crippen molar-refractivity contribution in [2.24, 2.45) is 0 Å². The van der Waals surface area contributed by atoms with E-state index in [1.54, 1.807) is 4.57 Å². The summed E-state index contributed by atoms with van der Waals surface area (Å²) in [6.07, 6.45) is -0.265. The third-order valence-electron chi connectivity index (χ3n) is 6.82. The maximum absolute atomic E-state index is 12.4. The zero-order valence-corrected chi connectivity index (χ0v) is 22.5. The number of anilines is 2. The van der Waals surface area contributed by atoms with Crippen LogP contribution in [0.3, 0.4) is 0 Å². The molecule has 1 saturated heterocycles. The molecule has 1 aliphatic heterocycles. The highest BCUT2D eigenvalue weighted by Gasteiger charge is 2.44. The summed E-state index contributed by atoms with van der Waals surface area (Å²) in [4.78, 5) is 26.7. The van der Waals surface area contributed by atoms with Gasteiger partial charge in [-0.25, -0.2) is 19.7 Å². The summed E-state index contributed by atoms with van der Waals surface area (Å²) in [6.45, 7) is 9.41. The molecule has 1 aliphatic rings. The van der Waals surface area contributed by atoms with Crippen LogP contribution in [0.5, 0.6) is 0 Å². The minimum absolute atomic E-state index is 0.0528. The number of imidazole rings is 1. The van der Waals surface area contributed by atoms with E-state index in [-0.39, 0.29) is 23.3 Å². The van der Waals surface area contributed by atoms with Gasteiger partial charge in [-0.3, -0.25) is 4.57 Å². The second-order valence-electron chi connectivity index (χ2n) is 11.0. The molecule has 2 aromatic heterocycles. The average Bonchev–Trinajstić information content (AvgIpc) is 3.40. The SMILES string of the molecule is CC(CCN(C)C[C@H]1O[C@@H](n2cnc3c(N)ncnc32)[C@H](O)[C@H]1O)NC(=O)Nc1ccc(C(C)(C)C)cc1. The number of aromatic nitrogens is 4. The van der Waals surface area contributed by atoms with Crippen molar-refractivity contribution in [1.82, 2.24) is 29.7 Å². The molecule has 2 amide bonds. The number of likely N-dealkylation sites (N-methyl/N-ethyl adjacent to an activating group) is 1. The number of rotatable bonds is 8. The molecular formula is C26H38N8O4. The molecule has 3 heterocycles. The van der Waals surface area contributed by atoms with E-state index >= 15 is 0 Å². The normalized spacial score (nSPS) is 22.6. The minimum atomic E-state index is -1.16. The first-order valence-corrected chi connectivity index (χ1v) is 12.7. The standard InChI is InChI=1S/C26H38N8O4/c1-15(31-25(37)32-17-8-6-16(7-9-17)26(2,3)4)10-11-33(5)12-18-20(35)21(36)24(38-18)34-14-30-19-22(27)28-13-29-23(19)34/h6-9,13-15,18,20-21,24,35-36H,10-12H2,1-5H3,(H2,27,28,29)(H2,31,32,37)/t15?,18-,20+,21-,24-/m1/s1. The maximum Gasteiger partial charge on any atom is 0.319 e. The zero-order valence-electron chi connectivity index (χ0n) is 22.5. The predicted molar refractivity (Wildman–Crippen MR) is 145 cm³/mol. The average molecular weight is 527 g/mol. The fourth-order valence-electron chi connectivity index (χ4n) is 4.50. The Morgan fingerprint density at radius 3 is 2.58 bits per heavy atom. The van der Waals surface area contributed by atoms with Gasteiger partial charge in [0, 0.05) is 18.3 Å². The van der Waals surface area contributed by atoms with Crippen molar-refractivity contribution in [1.29, 1.82) is 0 Å². The number of aliphatic hydroxyl groups is 2. The van der Waals surface area contributed by atoms with Crippen LogP contribution in [0.1, 0.15) is 45.9 Å². The van der Waals surface area contributed by atoms with E-state index in [9.17, 15) is 15.0 Å². The zero-order chi connectivity index (χ0) is 27.6. The van der Waals surface area contributed by atoms with Crippen LogP contribution in [0.15, 0.2) is 36.9 Å². The van der Waals surface area contributed by atoms with Crippen molar-refractivity contribution in [3.63, 3.8) is 0 Å². The molecule has 0 radical (unpaired) electrons. The molecule has 0 spiro atoms. The molecule has 206 valence electrons. The first-order valence-electron chi connectivity index (χ1n) is 12.7. The number of fused-ring (bicyclic) bond motifs is 1. The number of carbonyl (C=O) groups excluding carboxylic acids is 1. The number of benzene rings is 1. The second kappa shape index (κ2) is 11.2. The van der Waals surface area contributed by atoms with E-state index in [0.717, 1.165) is 5.69 Å². The number of hydrogen-bond acceptors (Lipinski definition) is 9. The van der Waals surface area contributed by atoms with Crippen LogP contribution in [0, 0.1) is 0 Å². The Morgan fingerprint density at radius 2 is 1.89 bits per heavy atom. The second-order valence-corrected chi connectivity index (χ2v) is 11.0. The van der Waals surface area contributed by atoms with E-state index in [2.05, 4.69) is 46.4 Å². The molecule has 12 nitrogen and oxygen atoms in total. The third-order valence-corrected chi connectivity index (χ3v) is 6.82. The fourth-order valence-corrected chi connectivity index (χ4v) is 4.50. The summed E-state index contributed by atoms with van der Waals surface area (Å²) in [5.41, 5.74) is 8.67. The first kappa shape index (κ1) is 27.7. The number of aliphatic hydroxyl groups excluding tert-OH is 2. The number of nitrogens with zero attached hydrogens (tertiary/aromatic N) is 5. The van der Waals surface area contributed by atoms with Crippen LogP contribution in [-0.2, 0) is 10.2 Å². The van der Waals surface area contributed by atoms with Crippen molar-refractivity contribution < 1.29 is 19.7 Å². The van der Waals surface area contributed by atoms with Gasteiger partial charge in [0.2, 0.25) is 0 Å². The lowest BCUT2D eigenvalue weighted by Gasteiger charge is -2.24. The number of amides is 2. The molecule has 0 saturated carbocycles. The molecule has 1 fully saturated rings. The summed E-state index contributed by atoms with van der Waals surface area (Å²) < 4.78 is 7.57.